The Hall–Kier alpha value is -6.95. The van der Waals surface area contributed by atoms with E-state index in [-0.39, 0.29) is 0 Å². The van der Waals surface area contributed by atoms with E-state index < -0.39 is 0 Å². The molecule has 0 saturated heterocycles. The van der Waals surface area contributed by atoms with E-state index in [9.17, 15) is 0 Å². The molecule has 252 valence electrons. The van der Waals surface area contributed by atoms with E-state index >= 15 is 0 Å². The van der Waals surface area contributed by atoms with E-state index in [1.54, 1.807) is 0 Å². The third-order valence-corrected chi connectivity index (χ3v) is 11.4. The third-order valence-electron chi connectivity index (χ3n) is 10.3. The molecular formula is C49H29N3OS. The van der Waals surface area contributed by atoms with Crippen molar-refractivity contribution in [1.82, 2.24) is 15.0 Å². The summed E-state index contributed by atoms with van der Waals surface area (Å²) in [5, 5.41) is 5.77. The first-order chi connectivity index (χ1) is 26.8. The molecule has 0 saturated carbocycles. The van der Waals surface area contributed by atoms with Crippen molar-refractivity contribution >= 4 is 64.4 Å². The van der Waals surface area contributed by atoms with Gasteiger partial charge in [-0.05, 0) is 47.5 Å². The van der Waals surface area contributed by atoms with Crippen molar-refractivity contribution in [3.63, 3.8) is 0 Å². The van der Waals surface area contributed by atoms with Crippen LogP contribution in [0.3, 0.4) is 0 Å². The molecule has 0 aliphatic carbocycles. The van der Waals surface area contributed by atoms with E-state index in [1.807, 2.05) is 59.9 Å². The molecule has 11 aromatic rings. The lowest BCUT2D eigenvalue weighted by Gasteiger charge is -2.13. The Morgan fingerprint density at radius 3 is 1.78 bits per heavy atom. The Morgan fingerprint density at radius 2 is 1.00 bits per heavy atom. The van der Waals surface area contributed by atoms with Gasteiger partial charge in [-0.25, -0.2) is 15.0 Å². The van der Waals surface area contributed by atoms with Crippen LogP contribution in [-0.2, 0) is 0 Å². The predicted octanol–water partition coefficient (Wildman–Crippen LogP) is 13.6. The fraction of sp³-hybridized carbons (Fsp3) is 0. The van der Waals surface area contributed by atoms with Gasteiger partial charge in [0.15, 0.2) is 11.4 Å². The number of para-hydroxylation sites is 1. The van der Waals surface area contributed by atoms with Crippen molar-refractivity contribution in [3.8, 4) is 56.3 Å². The number of benzene rings is 7. The van der Waals surface area contributed by atoms with E-state index in [0.717, 1.165) is 77.7 Å². The van der Waals surface area contributed by atoms with Gasteiger partial charge in [0, 0.05) is 58.6 Å². The molecule has 0 atom stereocenters. The summed E-state index contributed by atoms with van der Waals surface area (Å²) in [6.07, 6.45) is 0. The summed E-state index contributed by atoms with van der Waals surface area (Å²) < 4.78 is 9.35. The zero-order valence-electron chi connectivity index (χ0n) is 28.9. The first kappa shape index (κ1) is 30.7. The molecular weight excluding hydrogens is 679 g/mol. The van der Waals surface area contributed by atoms with Crippen molar-refractivity contribution in [1.29, 1.82) is 0 Å². The summed E-state index contributed by atoms with van der Waals surface area (Å²) in [5.41, 5.74) is 11.3. The second-order valence-corrected chi connectivity index (χ2v) is 14.6. The molecule has 4 nitrogen and oxygen atoms in total. The molecule has 5 heteroatoms. The number of aromatic nitrogens is 3. The highest BCUT2D eigenvalue weighted by atomic mass is 32.1. The van der Waals surface area contributed by atoms with Crippen molar-refractivity contribution in [2.45, 2.75) is 0 Å². The quantitative estimate of drug-likeness (QED) is 0.179. The lowest BCUT2D eigenvalue weighted by Crippen LogP contribution is -1.96. The predicted molar refractivity (Wildman–Crippen MR) is 225 cm³/mol. The molecule has 54 heavy (non-hydrogen) atoms. The maximum Gasteiger partial charge on any atom is 0.162 e. The van der Waals surface area contributed by atoms with Crippen LogP contribution in [-0.4, -0.2) is 15.0 Å². The average molecular weight is 708 g/mol. The number of hydrogen-bond acceptors (Lipinski definition) is 5. The molecule has 0 N–H and O–H groups in total. The van der Waals surface area contributed by atoms with Gasteiger partial charge in [-0.3, -0.25) is 0 Å². The topological polar surface area (TPSA) is 51.8 Å². The summed E-state index contributed by atoms with van der Waals surface area (Å²) in [6.45, 7) is 0. The molecule has 11 rings (SSSR count). The molecule has 0 fully saturated rings. The van der Waals surface area contributed by atoms with Gasteiger partial charge in [-0.15, -0.1) is 11.3 Å². The molecule has 0 spiro atoms. The Morgan fingerprint density at radius 1 is 0.407 bits per heavy atom. The normalized spacial score (nSPS) is 11.7. The lowest BCUT2D eigenvalue weighted by molar-refractivity contribution is 0.669. The minimum Gasteiger partial charge on any atom is -0.454 e. The van der Waals surface area contributed by atoms with Gasteiger partial charge in [0.2, 0.25) is 0 Å². The smallest absolute Gasteiger partial charge is 0.162 e. The molecule has 0 radical (unpaired) electrons. The molecule has 0 unspecified atom stereocenters. The molecule has 4 aromatic heterocycles. The second-order valence-electron chi connectivity index (χ2n) is 13.5. The highest BCUT2D eigenvalue weighted by molar-refractivity contribution is 7.25. The van der Waals surface area contributed by atoms with Crippen LogP contribution in [0.25, 0.3) is 109 Å². The van der Waals surface area contributed by atoms with E-state index in [0.29, 0.717) is 5.82 Å². The molecule has 0 aliphatic rings. The highest BCUT2D eigenvalue weighted by Gasteiger charge is 2.22. The van der Waals surface area contributed by atoms with Crippen molar-refractivity contribution in [2.24, 2.45) is 0 Å². The largest absolute Gasteiger partial charge is 0.454 e. The van der Waals surface area contributed by atoms with Gasteiger partial charge in [0.25, 0.3) is 0 Å². The van der Waals surface area contributed by atoms with Crippen LogP contribution in [0.2, 0.25) is 0 Å². The van der Waals surface area contributed by atoms with E-state index in [1.165, 1.54) is 25.7 Å². The van der Waals surface area contributed by atoms with Crippen LogP contribution in [0.15, 0.2) is 180 Å². The summed E-state index contributed by atoms with van der Waals surface area (Å²) in [7, 11) is 0. The number of hydrogen-bond donors (Lipinski definition) is 0. The molecule has 0 bridgehead atoms. The number of furan rings is 1. The summed E-state index contributed by atoms with van der Waals surface area (Å²) in [4.78, 5) is 15.6. The van der Waals surface area contributed by atoms with E-state index in [2.05, 4.69) is 127 Å². The molecule has 0 aliphatic heterocycles. The van der Waals surface area contributed by atoms with Crippen LogP contribution in [0, 0.1) is 0 Å². The van der Waals surface area contributed by atoms with Crippen molar-refractivity contribution in [3.05, 3.63) is 176 Å². The summed E-state index contributed by atoms with van der Waals surface area (Å²) in [6, 6.07) is 61.1. The molecule has 7 aromatic carbocycles. The minimum atomic E-state index is 0.650. The van der Waals surface area contributed by atoms with E-state index in [4.69, 9.17) is 19.4 Å². The Labute approximate surface area is 314 Å². The standard InChI is InChI=1S/C49H29N3OS/c1-3-14-30(15-4-1)39-29-40(31-16-5-2-6-17-31)52-49(51-39)33-19-11-18-32(28-33)47-48-46(36-20-7-9-25-41(36)53-48)45-35(22-12-24-38(45)50-47)34-23-13-27-43-44(34)37-21-8-10-26-42(37)54-43/h1-29H. The Balaban J connectivity index is 1.15. The van der Waals surface area contributed by atoms with Gasteiger partial charge in [0.05, 0.1) is 16.9 Å². The van der Waals surface area contributed by atoms with Gasteiger partial charge < -0.3 is 4.42 Å². The van der Waals surface area contributed by atoms with Gasteiger partial charge >= 0.3 is 0 Å². The molecule has 0 amide bonds. The van der Waals surface area contributed by atoms with Crippen LogP contribution < -0.4 is 0 Å². The molecule has 4 heterocycles. The zero-order valence-corrected chi connectivity index (χ0v) is 29.7. The maximum atomic E-state index is 6.79. The third kappa shape index (κ3) is 4.94. The number of fused-ring (bicyclic) bond motifs is 8. The first-order valence-corrected chi connectivity index (χ1v) is 18.8. The SMILES string of the molecule is c1ccc(-c2cc(-c3ccccc3)nc(-c3cccc(-c4nc5cccc(-c6cccc7sc8ccccc8c67)c5c5c4oc4ccccc45)c3)n2)cc1. The van der Waals surface area contributed by atoms with Crippen LogP contribution in [0.1, 0.15) is 0 Å². The number of thiophene rings is 1. The van der Waals surface area contributed by atoms with Crippen LogP contribution >= 0.6 is 11.3 Å². The Bertz CT molecular complexity index is 3160. The number of rotatable bonds is 5. The number of pyridine rings is 1. The highest BCUT2D eigenvalue weighted by Crippen LogP contribution is 2.46. The van der Waals surface area contributed by atoms with Gasteiger partial charge in [-0.1, -0.05) is 140 Å². The summed E-state index contributed by atoms with van der Waals surface area (Å²) >= 11 is 1.84. The van der Waals surface area contributed by atoms with Crippen LogP contribution in [0.4, 0.5) is 0 Å². The average Bonchev–Trinajstić information content (AvgIpc) is 3.83. The minimum absolute atomic E-state index is 0.650. The second kappa shape index (κ2) is 12.3. The van der Waals surface area contributed by atoms with Gasteiger partial charge in [0.1, 0.15) is 11.3 Å². The Kier molecular flexibility index (Phi) is 7.00. The monoisotopic (exact) mass is 707 g/mol. The fourth-order valence-electron chi connectivity index (χ4n) is 7.84. The van der Waals surface area contributed by atoms with Crippen molar-refractivity contribution in [2.75, 3.05) is 0 Å². The fourth-order valence-corrected chi connectivity index (χ4v) is 8.97. The number of nitrogens with zero attached hydrogens (tertiary/aromatic N) is 3. The van der Waals surface area contributed by atoms with Gasteiger partial charge in [-0.2, -0.15) is 0 Å². The van der Waals surface area contributed by atoms with Crippen molar-refractivity contribution < 1.29 is 4.42 Å². The lowest BCUT2D eigenvalue weighted by atomic mass is 9.93. The zero-order chi connectivity index (χ0) is 35.6. The maximum absolute atomic E-state index is 6.79. The first-order valence-electron chi connectivity index (χ1n) is 18.0. The van der Waals surface area contributed by atoms with Crippen LogP contribution in [0.5, 0.6) is 0 Å². The summed E-state index contributed by atoms with van der Waals surface area (Å²) in [5.74, 6) is 0.650.